The van der Waals surface area contributed by atoms with Crippen LogP contribution in [-0.2, 0) is 28.6 Å². The third-order valence-corrected chi connectivity index (χ3v) is 5.25. The Kier molecular flexibility index (Phi) is 5.48. The van der Waals surface area contributed by atoms with Gasteiger partial charge in [0.15, 0.2) is 4.90 Å². The minimum Gasteiger partial charge on any atom is -0.604 e. The maximum atomic E-state index is 12.8. The molecule has 5 nitrogen and oxygen atoms in total. The highest BCUT2D eigenvalue weighted by atomic mass is 32.2. The van der Waals surface area contributed by atoms with Crippen molar-refractivity contribution in [1.82, 2.24) is 4.98 Å². The van der Waals surface area contributed by atoms with Crippen LogP contribution < -0.4 is 0 Å². The molecule has 1 heterocycles. The summed E-state index contributed by atoms with van der Waals surface area (Å²) < 4.78 is 56.4. The molecule has 0 bridgehead atoms. The number of carboxylic acids is 1. The first-order valence-corrected chi connectivity index (χ1v) is 9.17. The molecule has 146 valence electrons. The van der Waals surface area contributed by atoms with E-state index in [1.807, 2.05) is 0 Å². The van der Waals surface area contributed by atoms with Gasteiger partial charge in [0, 0.05) is 5.56 Å². The second-order valence-corrected chi connectivity index (χ2v) is 7.33. The summed E-state index contributed by atoms with van der Waals surface area (Å²) in [7, 11) is 0. The molecule has 1 aromatic heterocycles. The van der Waals surface area contributed by atoms with Crippen molar-refractivity contribution in [3.8, 4) is 11.5 Å². The number of benzene rings is 2. The van der Waals surface area contributed by atoms with Crippen LogP contribution in [0.15, 0.2) is 62.9 Å². The van der Waals surface area contributed by atoms with E-state index in [2.05, 4.69) is 4.98 Å². The fourth-order valence-corrected chi connectivity index (χ4v) is 3.68. The van der Waals surface area contributed by atoms with Crippen molar-refractivity contribution in [2.75, 3.05) is 0 Å². The first-order chi connectivity index (χ1) is 13.1. The molecule has 0 saturated carbocycles. The van der Waals surface area contributed by atoms with Crippen molar-refractivity contribution in [3.63, 3.8) is 0 Å². The average Bonchev–Trinajstić information content (AvgIpc) is 3.02. The van der Waals surface area contributed by atoms with Gasteiger partial charge in [-0.05, 0) is 48.9 Å². The number of aryl methyl sites for hydroxylation is 1. The molecule has 0 aliphatic rings. The van der Waals surface area contributed by atoms with Crippen molar-refractivity contribution < 1.29 is 32.0 Å². The van der Waals surface area contributed by atoms with E-state index in [4.69, 9.17) is 9.52 Å². The van der Waals surface area contributed by atoms with Gasteiger partial charge in [-0.2, -0.15) is 13.2 Å². The van der Waals surface area contributed by atoms with Crippen molar-refractivity contribution in [2.45, 2.75) is 29.5 Å². The fraction of sp³-hybridized carbons (Fsp3) is 0.158. The monoisotopic (exact) mass is 409 g/mol. The number of halogens is 3. The number of carbonyl (C=O) groups is 1. The molecular weight excluding hydrogens is 395 g/mol. The number of carboxylic acid groups (broad SMARTS) is 1. The number of aliphatic carboxylic acids is 1. The second kappa shape index (κ2) is 7.69. The number of oxazole rings is 1. The smallest absolute Gasteiger partial charge is 0.416 e. The van der Waals surface area contributed by atoms with E-state index in [-0.39, 0.29) is 17.4 Å². The Hall–Kier alpha value is -2.78. The summed E-state index contributed by atoms with van der Waals surface area (Å²) in [5.41, 5.74) is 0.341. The molecular formula is C19H14F3NO4S. The first kappa shape index (κ1) is 20.0. The van der Waals surface area contributed by atoms with Gasteiger partial charge in [-0.3, -0.25) is 4.79 Å². The molecule has 1 unspecified atom stereocenters. The Morgan fingerprint density at radius 2 is 1.89 bits per heavy atom. The van der Waals surface area contributed by atoms with Gasteiger partial charge >= 0.3 is 17.2 Å². The highest BCUT2D eigenvalue weighted by Gasteiger charge is 2.30. The number of rotatable bonds is 5. The largest absolute Gasteiger partial charge is 0.604 e. The summed E-state index contributed by atoms with van der Waals surface area (Å²) in [6.45, 7) is 1.57. The number of aromatic nitrogens is 1. The van der Waals surface area contributed by atoms with E-state index in [9.17, 15) is 22.5 Å². The van der Waals surface area contributed by atoms with E-state index in [0.717, 1.165) is 12.1 Å². The summed E-state index contributed by atoms with van der Waals surface area (Å²) in [4.78, 5) is 15.3. The number of hydrogen-bond acceptors (Lipinski definition) is 4. The van der Waals surface area contributed by atoms with Crippen LogP contribution in [0.2, 0.25) is 0 Å². The minimum absolute atomic E-state index is 0.0521. The van der Waals surface area contributed by atoms with Crippen molar-refractivity contribution in [1.29, 1.82) is 0 Å². The predicted octanol–water partition coefficient (Wildman–Crippen LogP) is 4.46. The zero-order chi connectivity index (χ0) is 20.5. The highest BCUT2D eigenvalue weighted by Crippen LogP contribution is 2.33. The molecule has 3 rings (SSSR count). The maximum absolute atomic E-state index is 12.8. The zero-order valence-corrected chi connectivity index (χ0v) is 15.3. The quantitative estimate of drug-likeness (QED) is 0.629. The average molecular weight is 409 g/mol. The normalized spacial score (nSPS) is 12.8. The molecule has 0 aliphatic heterocycles. The molecule has 0 fully saturated rings. The highest BCUT2D eigenvalue weighted by molar-refractivity contribution is 7.91. The van der Waals surface area contributed by atoms with Crippen molar-refractivity contribution >= 4 is 17.1 Å². The second-order valence-electron chi connectivity index (χ2n) is 5.95. The van der Waals surface area contributed by atoms with Crippen molar-refractivity contribution in [2.24, 2.45) is 0 Å². The lowest BCUT2D eigenvalue weighted by molar-refractivity contribution is -0.138. The molecule has 0 amide bonds. The fourth-order valence-electron chi connectivity index (χ4n) is 2.53. The molecule has 0 spiro atoms. The zero-order valence-electron chi connectivity index (χ0n) is 14.5. The van der Waals surface area contributed by atoms with E-state index in [1.165, 1.54) is 18.2 Å². The van der Waals surface area contributed by atoms with Crippen LogP contribution in [0.5, 0.6) is 0 Å². The molecule has 0 radical (unpaired) electrons. The van der Waals surface area contributed by atoms with E-state index in [0.29, 0.717) is 21.7 Å². The lowest BCUT2D eigenvalue weighted by atomic mass is 10.1. The van der Waals surface area contributed by atoms with E-state index < -0.39 is 28.9 Å². The summed E-state index contributed by atoms with van der Waals surface area (Å²) >= 11 is -1.76. The van der Waals surface area contributed by atoms with Crippen LogP contribution in [0, 0.1) is 6.92 Å². The van der Waals surface area contributed by atoms with Crippen LogP contribution in [0.3, 0.4) is 0 Å². The van der Waals surface area contributed by atoms with Gasteiger partial charge in [0.05, 0.1) is 23.2 Å². The van der Waals surface area contributed by atoms with Crippen molar-refractivity contribution in [3.05, 3.63) is 65.4 Å². The summed E-state index contributed by atoms with van der Waals surface area (Å²) in [5.74, 6) is -0.959. The van der Waals surface area contributed by atoms with Gasteiger partial charge in [-0.1, -0.05) is 12.1 Å². The SMILES string of the molecule is Cc1nc(-c2ccc(C(F)(F)F)cc2)oc1[S+]([O-])c1cccc(CC(=O)O)c1. The van der Waals surface area contributed by atoms with Gasteiger partial charge in [-0.25, -0.2) is 4.98 Å². The summed E-state index contributed by atoms with van der Waals surface area (Å²) in [6.07, 6.45) is -4.66. The lowest BCUT2D eigenvalue weighted by Gasteiger charge is -2.08. The van der Waals surface area contributed by atoms with E-state index >= 15 is 0 Å². The summed E-state index contributed by atoms with van der Waals surface area (Å²) in [5, 5.41) is 8.94. The molecule has 2 aromatic carbocycles. The first-order valence-electron chi connectivity index (χ1n) is 8.02. The Morgan fingerprint density at radius 1 is 1.21 bits per heavy atom. The number of hydrogen-bond donors (Lipinski definition) is 1. The van der Waals surface area contributed by atoms with E-state index in [1.54, 1.807) is 25.1 Å². The van der Waals surface area contributed by atoms with Gasteiger partial charge in [0.25, 0.3) is 0 Å². The van der Waals surface area contributed by atoms with Crippen LogP contribution in [0.1, 0.15) is 16.8 Å². The van der Waals surface area contributed by atoms with Gasteiger partial charge in [-0.15, -0.1) is 0 Å². The third-order valence-electron chi connectivity index (χ3n) is 3.85. The minimum atomic E-state index is -4.45. The van der Waals surface area contributed by atoms with Gasteiger partial charge < -0.3 is 14.1 Å². The standard InChI is InChI=1S/C19H14F3NO4S/c1-11-18(28(26)15-4-2-3-12(9-15)10-16(24)25)27-17(23-11)13-5-7-14(8-6-13)19(20,21)22/h2-9H,10H2,1H3,(H,24,25). The molecule has 1 N–H and O–H groups in total. The lowest BCUT2D eigenvalue weighted by Crippen LogP contribution is -2.05. The summed E-state index contributed by atoms with van der Waals surface area (Å²) in [6, 6.07) is 10.6. The molecule has 9 heteroatoms. The molecule has 28 heavy (non-hydrogen) atoms. The van der Waals surface area contributed by atoms with Crippen LogP contribution in [0.4, 0.5) is 13.2 Å². The molecule has 3 aromatic rings. The molecule has 1 atom stereocenters. The maximum Gasteiger partial charge on any atom is 0.416 e. The van der Waals surface area contributed by atoms with Crippen LogP contribution in [-0.4, -0.2) is 20.6 Å². The van der Waals surface area contributed by atoms with Crippen LogP contribution in [0.25, 0.3) is 11.5 Å². The Labute approximate surface area is 161 Å². The topological polar surface area (TPSA) is 86.4 Å². The number of nitrogens with zero attached hydrogens (tertiary/aromatic N) is 1. The third kappa shape index (κ3) is 4.37. The van der Waals surface area contributed by atoms with Crippen LogP contribution >= 0.6 is 0 Å². The Balaban J connectivity index is 1.89. The molecule has 0 aliphatic carbocycles. The number of alkyl halides is 3. The molecule has 0 saturated heterocycles. The van der Waals surface area contributed by atoms with Gasteiger partial charge in [0.1, 0.15) is 5.69 Å². The Morgan fingerprint density at radius 3 is 2.50 bits per heavy atom. The predicted molar refractivity (Wildman–Crippen MR) is 94.1 cm³/mol. The Bertz CT molecular complexity index is 999. The van der Waals surface area contributed by atoms with Gasteiger partial charge in [0.2, 0.25) is 5.89 Å².